The molecule has 0 heterocycles. The molecule has 0 radical (unpaired) electrons. The van der Waals surface area contributed by atoms with Gasteiger partial charge in [-0.05, 0) is 31.0 Å². The minimum Gasteiger partial charge on any atom is -0.389 e. The maximum Gasteiger partial charge on any atom is 0.125 e. The summed E-state index contributed by atoms with van der Waals surface area (Å²) < 4.78 is 18.5. The second kappa shape index (κ2) is 6.71. The van der Waals surface area contributed by atoms with Gasteiger partial charge in [-0.2, -0.15) is 0 Å². The SMILES string of the molecule is OC(CNc1cccc(F)c1)COC1CCCC1. The van der Waals surface area contributed by atoms with Gasteiger partial charge in [-0.15, -0.1) is 0 Å². The summed E-state index contributed by atoms with van der Waals surface area (Å²) in [5, 5.41) is 12.7. The molecule has 1 aliphatic rings. The van der Waals surface area contributed by atoms with Crippen molar-refractivity contribution in [3.8, 4) is 0 Å². The second-order valence-electron chi connectivity index (χ2n) is 4.78. The molecule has 0 aliphatic heterocycles. The molecule has 1 fully saturated rings. The number of hydrogen-bond acceptors (Lipinski definition) is 3. The average molecular weight is 253 g/mol. The van der Waals surface area contributed by atoms with E-state index in [-0.39, 0.29) is 5.82 Å². The molecule has 0 aromatic heterocycles. The molecule has 3 nitrogen and oxygen atoms in total. The topological polar surface area (TPSA) is 41.5 Å². The third-order valence-electron chi connectivity index (χ3n) is 3.19. The van der Waals surface area contributed by atoms with Gasteiger partial charge in [0, 0.05) is 12.2 Å². The summed E-state index contributed by atoms with van der Waals surface area (Å²) in [5.74, 6) is -0.281. The molecular formula is C14H20FNO2. The fourth-order valence-corrected chi connectivity index (χ4v) is 2.20. The highest BCUT2D eigenvalue weighted by Crippen LogP contribution is 2.20. The van der Waals surface area contributed by atoms with Gasteiger partial charge < -0.3 is 15.2 Å². The van der Waals surface area contributed by atoms with E-state index in [0.29, 0.717) is 24.9 Å². The Bertz CT molecular complexity index is 367. The smallest absolute Gasteiger partial charge is 0.125 e. The van der Waals surface area contributed by atoms with Crippen molar-refractivity contribution in [2.75, 3.05) is 18.5 Å². The van der Waals surface area contributed by atoms with Gasteiger partial charge >= 0.3 is 0 Å². The Morgan fingerprint density at radius 3 is 2.89 bits per heavy atom. The lowest BCUT2D eigenvalue weighted by Crippen LogP contribution is -2.27. The Balaban J connectivity index is 1.66. The lowest BCUT2D eigenvalue weighted by Gasteiger charge is -2.16. The van der Waals surface area contributed by atoms with E-state index >= 15 is 0 Å². The van der Waals surface area contributed by atoms with Crippen LogP contribution in [0.25, 0.3) is 0 Å². The summed E-state index contributed by atoms with van der Waals surface area (Å²) >= 11 is 0. The van der Waals surface area contributed by atoms with Gasteiger partial charge in [0.2, 0.25) is 0 Å². The molecule has 100 valence electrons. The van der Waals surface area contributed by atoms with Gasteiger partial charge in [-0.25, -0.2) is 4.39 Å². The first-order chi connectivity index (χ1) is 8.74. The predicted molar refractivity (Wildman–Crippen MR) is 69.1 cm³/mol. The van der Waals surface area contributed by atoms with Crippen molar-refractivity contribution < 1.29 is 14.2 Å². The minimum atomic E-state index is -0.561. The van der Waals surface area contributed by atoms with Crippen LogP contribution in [0.2, 0.25) is 0 Å². The first kappa shape index (κ1) is 13.3. The summed E-state index contributed by atoms with van der Waals surface area (Å²) in [5.41, 5.74) is 0.676. The number of benzene rings is 1. The fourth-order valence-electron chi connectivity index (χ4n) is 2.20. The van der Waals surface area contributed by atoms with E-state index in [2.05, 4.69) is 5.32 Å². The van der Waals surface area contributed by atoms with E-state index < -0.39 is 6.10 Å². The molecule has 0 spiro atoms. The van der Waals surface area contributed by atoms with Gasteiger partial charge in [-0.1, -0.05) is 18.9 Å². The van der Waals surface area contributed by atoms with E-state index in [1.807, 2.05) is 0 Å². The number of halogens is 1. The standard InChI is InChI=1S/C14H20FNO2/c15-11-4-3-5-12(8-11)16-9-13(17)10-18-14-6-1-2-7-14/h3-5,8,13-14,16-17H,1-2,6-7,9-10H2. The van der Waals surface area contributed by atoms with Crippen LogP contribution < -0.4 is 5.32 Å². The Morgan fingerprint density at radius 1 is 1.39 bits per heavy atom. The number of rotatable bonds is 6. The van der Waals surface area contributed by atoms with Crippen molar-refractivity contribution in [2.45, 2.75) is 37.9 Å². The highest BCUT2D eigenvalue weighted by molar-refractivity contribution is 5.43. The molecule has 2 rings (SSSR count). The molecule has 1 aliphatic carbocycles. The van der Waals surface area contributed by atoms with Crippen molar-refractivity contribution in [1.82, 2.24) is 0 Å². The Hall–Kier alpha value is -1.13. The molecule has 0 bridgehead atoms. The zero-order valence-electron chi connectivity index (χ0n) is 10.4. The van der Waals surface area contributed by atoms with E-state index in [1.54, 1.807) is 12.1 Å². The zero-order valence-corrected chi connectivity index (χ0v) is 10.4. The first-order valence-electron chi connectivity index (χ1n) is 6.53. The Kier molecular flexibility index (Phi) is 4.96. The van der Waals surface area contributed by atoms with Crippen LogP contribution in [0.4, 0.5) is 10.1 Å². The van der Waals surface area contributed by atoms with E-state index in [4.69, 9.17) is 4.74 Å². The van der Waals surface area contributed by atoms with Gasteiger partial charge in [0.1, 0.15) is 5.82 Å². The number of aliphatic hydroxyl groups is 1. The lowest BCUT2D eigenvalue weighted by atomic mass is 10.3. The third-order valence-corrected chi connectivity index (χ3v) is 3.19. The monoisotopic (exact) mass is 253 g/mol. The number of aliphatic hydroxyl groups excluding tert-OH is 1. The van der Waals surface area contributed by atoms with Gasteiger partial charge in [0.25, 0.3) is 0 Å². The van der Waals surface area contributed by atoms with Crippen molar-refractivity contribution >= 4 is 5.69 Å². The van der Waals surface area contributed by atoms with Crippen LogP contribution in [0, 0.1) is 5.82 Å². The van der Waals surface area contributed by atoms with Crippen LogP contribution in [0.1, 0.15) is 25.7 Å². The largest absolute Gasteiger partial charge is 0.389 e. The molecule has 1 unspecified atom stereocenters. The Labute approximate surface area is 107 Å². The normalized spacial score (nSPS) is 17.9. The molecule has 4 heteroatoms. The predicted octanol–water partition coefficient (Wildman–Crippen LogP) is 2.56. The fraction of sp³-hybridized carbons (Fsp3) is 0.571. The van der Waals surface area contributed by atoms with Crippen LogP contribution >= 0.6 is 0 Å². The molecule has 1 saturated carbocycles. The summed E-state index contributed by atoms with van der Waals surface area (Å²) in [6, 6.07) is 6.21. The first-order valence-corrected chi connectivity index (χ1v) is 6.53. The molecular weight excluding hydrogens is 233 g/mol. The molecule has 0 amide bonds. The van der Waals surface area contributed by atoms with Gasteiger partial charge in [-0.3, -0.25) is 0 Å². The van der Waals surface area contributed by atoms with E-state index in [1.165, 1.54) is 25.0 Å². The minimum absolute atomic E-state index is 0.281. The van der Waals surface area contributed by atoms with Crippen molar-refractivity contribution in [2.24, 2.45) is 0 Å². The average Bonchev–Trinajstić information content (AvgIpc) is 2.87. The van der Waals surface area contributed by atoms with Gasteiger partial charge in [0.15, 0.2) is 0 Å². The number of nitrogens with one attached hydrogen (secondary N) is 1. The number of ether oxygens (including phenoxy) is 1. The third kappa shape index (κ3) is 4.27. The zero-order chi connectivity index (χ0) is 12.8. The highest BCUT2D eigenvalue weighted by atomic mass is 19.1. The maximum atomic E-state index is 12.9. The van der Waals surface area contributed by atoms with Crippen molar-refractivity contribution in [3.05, 3.63) is 30.1 Å². The molecule has 0 saturated heterocycles. The number of anilines is 1. The van der Waals surface area contributed by atoms with Crippen LogP contribution in [-0.4, -0.2) is 30.5 Å². The Morgan fingerprint density at radius 2 is 2.17 bits per heavy atom. The van der Waals surface area contributed by atoms with Crippen LogP contribution in [0.3, 0.4) is 0 Å². The van der Waals surface area contributed by atoms with Crippen molar-refractivity contribution in [1.29, 1.82) is 0 Å². The summed E-state index contributed by atoms with van der Waals surface area (Å²) in [6.07, 6.45) is 4.40. The molecule has 2 N–H and O–H groups in total. The van der Waals surface area contributed by atoms with Crippen LogP contribution in [0.5, 0.6) is 0 Å². The van der Waals surface area contributed by atoms with E-state index in [9.17, 15) is 9.50 Å². The quantitative estimate of drug-likeness (QED) is 0.818. The van der Waals surface area contributed by atoms with Crippen LogP contribution in [0.15, 0.2) is 24.3 Å². The van der Waals surface area contributed by atoms with Crippen LogP contribution in [-0.2, 0) is 4.74 Å². The summed E-state index contributed by atoms with van der Waals surface area (Å²) in [7, 11) is 0. The molecule has 18 heavy (non-hydrogen) atoms. The maximum absolute atomic E-state index is 12.9. The summed E-state index contributed by atoms with van der Waals surface area (Å²) in [4.78, 5) is 0. The molecule has 1 atom stereocenters. The van der Waals surface area contributed by atoms with Crippen molar-refractivity contribution in [3.63, 3.8) is 0 Å². The highest BCUT2D eigenvalue weighted by Gasteiger charge is 2.16. The second-order valence-corrected chi connectivity index (χ2v) is 4.78. The van der Waals surface area contributed by atoms with Gasteiger partial charge in [0.05, 0.1) is 18.8 Å². The molecule has 1 aromatic carbocycles. The summed E-state index contributed by atoms with van der Waals surface area (Å²) in [6.45, 7) is 0.711. The molecule has 1 aromatic rings. The lowest BCUT2D eigenvalue weighted by molar-refractivity contribution is -0.00117. The van der Waals surface area contributed by atoms with E-state index in [0.717, 1.165) is 12.8 Å². The number of hydrogen-bond donors (Lipinski definition) is 2.